The first kappa shape index (κ1) is 10.5. The molecule has 2 rings (SSSR count). The number of ether oxygens (including phenoxy) is 1. The molecule has 0 saturated carbocycles. The highest BCUT2D eigenvalue weighted by atomic mass is 16.5. The summed E-state index contributed by atoms with van der Waals surface area (Å²) >= 11 is 0. The number of rotatable bonds is 3. The molecule has 5 heteroatoms. The van der Waals surface area contributed by atoms with Gasteiger partial charge in [0.2, 0.25) is 0 Å². The highest BCUT2D eigenvalue weighted by Crippen LogP contribution is 2.11. The molecule has 2 aromatic rings. The lowest BCUT2D eigenvalue weighted by molar-refractivity contribution is 0.181. The monoisotopic (exact) mass is 217 g/mol. The van der Waals surface area contributed by atoms with Crippen LogP contribution in [-0.4, -0.2) is 22.1 Å². The van der Waals surface area contributed by atoms with Gasteiger partial charge in [-0.2, -0.15) is 0 Å². The van der Waals surface area contributed by atoms with Crippen LogP contribution in [0.3, 0.4) is 0 Å². The first-order valence-corrected chi connectivity index (χ1v) is 4.79. The molecule has 0 aliphatic heterocycles. The summed E-state index contributed by atoms with van der Waals surface area (Å²) in [7, 11) is 1.56. The molecular weight excluding hydrogens is 206 g/mol. The lowest BCUT2D eigenvalue weighted by atomic mass is 10.2. The van der Waals surface area contributed by atoms with Crippen molar-refractivity contribution in [3.63, 3.8) is 0 Å². The Balaban J connectivity index is 2.45. The molecule has 1 N–H and O–H groups in total. The van der Waals surface area contributed by atoms with E-state index in [1.54, 1.807) is 31.6 Å². The van der Waals surface area contributed by atoms with Crippen LogP contribution >= 0.6 is 0 Å². The van der Waals surface area contributed by atoms with Gasteiger partial charge in [-0.15, -0.1) is 0 Å². The van der Waals surface area contributed by atoms with Crippen molar-refractivity contribution < 1.29 is 4.74 Å². The second-order valence-corrected chi connectivity index (χ2v) is 3.25. The summed E-state index contributed by atoms with van der Waals surface area (Å²) in [6.07, 6.45) is 3.30. The molecule has 82 valence electrons. The van der Waals surface area contributed by atoms with Gasteiger partial charge in [0.15, 0.2) is 0 Å². The summed E-state index contributed by atoms with van der Waals surface area (Å²) in [5.41, 5.74) is 1.25. The van der Waals surface area contributed by atoms with Gasteiger partial charge in [-0.25, -0.2) is 4.98 Å². The maximum absolute atomic E-state index is 11.4. The Hall–Kier alpha value is -2.01. The molecule has 0 unspecified atom stereocenters. The van der Waals surface area contributed by atoms with E-state index in [0.717, 1.165) is 5.56 Å². The standard InChI is InChI=1S/C11H11N3O2/c1-16-7-9-6-10(15)14-11(13-9)8-2-4-12-5-3-8/h2-6H,7H2,1H3,(H,13,14,15). The van der Waals surface area contributed by atoms with Crippen LogP contribution in [-0.2, 0) is 11.3 Å². The van der Waals surface area contributed by atoms with Gasteiger partial charge in [-0.05, 0) is 12.1 Å². The van der Waals surface area contributed by atoms with Crippen molar-refractivity contribution >= 4 is 0 Å². The summed E-state index contributed by atoms with van der Waals surface area (Å²) in [4.78, 5) is 22.3. The van der Waals surface area contributed by atoms with E-state index >= 15 is 0 Å². The van der Waals surface area contributed by atoms with Crippen LogP contribution in [0.5, 0.6) is 0 Å². The zero-order chi connectivity index (χ0) is 11.4. The van der Waals surface area contributed by atoms with Crippen molar-refractivity contribution in [2.45, 2.75) is 6.61 Å². The van der Waals surface area contributed by atoms with Crippen molar-refractivity contribution in [2.24, 2.45) is 0 Å². The first-order valence-electron chi connectivity index (χ1n) is 4.79. The Kier molecular flexibility index (Phi) is 3.07. The average molecular weight is 217 g/mol. The number of aromatic amines is 1. The van der Waals surface area contributed by atoms with Gasteiger partial charge >= 0.3 is 0 Å². The predicted octanol–water partition coefficient (Wildman–Crippen LogP) is 0.978. The van der Waals surface area contributed by atoms with Crippen molar-refractivity contribution in [3.8, 4) is 11.4 Å². The van der Waals surface area contributed by atoms with E-state index in [1.165, 1.54) is 6.07 Å². The van der Waals surface area contributed by atoms with Crippen LogP contribution in [0.25, 0.3) is 11.4 Å². The highest BCUT2D eigenvalue weighted by molar-refractivity contribution is 5.53. The molecule has 0 amide bonds. The van der Waals surface area contributed by atoms with Crippen molar-refractivity contribution in [2.75, 3.05) is 7.11 Å². The van der Waals surface area contributed by atoms with Crippen LogP contribution in [0.1, 0.15) is 5.69 Å². The summed E-state index contributed by atoms with van der Waals surface area (Å²) in [6, 6.07) is 5.00. The van der Waals surface area contributed by atoms with Gasteiger partial charge in [0.05, 0.1) is 12.3 Å². The summed E-state index contributed by atoms with van der Waals surface area (Å²) in [5, 5.41) is 0. The number of H-pyrrole nitrogens is 1. The SMILES string of the molecule is COCc1cc(=O)[nH]c(-c2ccncc2)n1. The number of hydrogen-bond acceptors (Lipinski definition) is 4. The lowest BCUT2D eigenvalue weighted by Gasteiger charge is -2.03. The first-order chi connectivity index (χ1) is 7.79. The number of nitrogens with zero attached hydrogens (tertiary/aromatic N) is 2. The molecule has 0 bridgehead atoms. The Morgan fingerprint density at radius 3 is 2.81 bits per heavy atom. The molecule has 5 nitrogen and oxygen atoms in total. The number of aromatic nitrogens is 3. The Labute approximate surface area is 92.2 Å². The largest absolute Gasteiger partial charge is 0.378 e. The zero-order valence-electron chi connectivity index (χ0n) is 8.80. The summed E-state index contributed by atoms with van der Waals surface area (Å²) in [5.74, 6) is 0.530. The third kappa shape index (κ3) is 2.32. The van der Waals surface area contributed by atoms with Crippen molar-refractivity contribution in [1.82, 2.24) is 15.0 Å². The van der Waals surface area contributed by atoms with E-state index < -0.39 is 0 Å². The fourth-order valence-corrected chi connectivity index (χ4v) is 1.38. The van der Waals surface area contributed by atoms with Gasteiger partial charge < -0.3 is 9.72 Å². The normalized spacial score (nSPS) is 10.3. The molecule has 2 aromatic heterocycles. The van der Waals surface area contributed by atoms with Crippen LogP contribution in [0.2, 0.25) is 0 Å². The lowest BCUT2D eigenvalue weighted by Crippen LogP contribution is -2.10. The van der Waals surface area contributed by atoms with Crippen molar-refractivity contribution in [1.29, 1.82) is 0 Å². The van der Waals surface area contributed by atoms with E-state index in [0.29, 0.717) is 18.1 Å². The number of hydrogen-bond donors (Lipinski definition) is 1. The van der Waals surface area contributed by atoms with E-state index in [-0.39, 0.29) is 5.56 Å². The summed E-state index contributed by atoms with van der Waals surface area (Å²) in [6.45, 7) is 0.321. The number of nitrogens with one attached hydrogen (secondary N) is 1. The number of pyridine rings is 1. The van der Waals surface area contributed by atoms with Gasteiger partial charge in [0.25, 0.3) is 5.56 Å². The number of methoxy groups -OCH3 is 1. The third-order valence-electron chi connectivity index (χ3n) is 2.04. The molecule has 0 aliphatic carbocycles. The predicted molar refractivity (Wildman–Crippen MR) is 58.8 cm³/mol. The fourth-order valence-electron chi connectivity index (χ4n) is 1.38. The van der Waals surface area contributed by atoms with E-state index in [4.69, 9.17) is 4.74 Å². The summed E-state index contributed by atoms with van der Waals surface area (Å²) < 4.78 is 4.95. The Morgan fingerprint density at radius 1 is 1.38 bits per heavy atom. The smallest absolute Gasteiger partial charge is 0.251 e. The second kappa shape index (κ2) is 4.67. The highest BCUT2D eigenvalue weighted by Gasteiger charge is 2.03. The van der Waals surface area contributed by atoms with Gasteiger partial charge in [0, 0.05) is 31.1 Å². The Bertz CT molecular complexity index is 522. The molecule has 0 aromatic carbocycles. The molecule has 0 radical (unpaired) electrons. The fraction of sp³-hybridized carbons (Fsp3) is 0.182. The van der Waals surface area contributed by atoms with Gasteiger partial charge in [-0.1, -0.05) is 0 Å². The quantitative estimate of drug-likeness (QED) is 0.832. The second-order valence-electron chi connectivity index (χ2n) is 3.25. The maximum atomic E-state index is 11.4. The van der Waals surface area contributed by atoms with Crippen LogP contribution in [0, 0.1) is 0 Å². The molecule has 16 heavy (non-hydrogen) atoms. The zero-order valence-corrected chi connectivity index (χ0v) is 8.80. The van der Waals surface area contributed by atoms with Crippen LogP contribution in [0.15, 0.2) is 35.4 Å². The Morgan fingerprint density at radius 2 is 2.12 bits per heavy atom. The topological polar surface area (TPSA) is 67.9 Å². The van der Waals surface area contributed by atoms with E-state index in [9.17, 15) is 4.79 Å². The molecule has 0 atom stereocenters. The average Bonchev–Trinajstić information content (AvgIpc) is 2.30. The minimum Gasteiger partial charge on any atom is -0.378 e. The minimum absolute atomic E-state index is 0.186. The molecule has 0 aliphatic rings. The van der Waals surface area contributed by atoms with Crippen LogP contribution in [0.4, 0.5) is 0 Å². The maximum Gasteiger partial charge on any atom is 0.251 e. The van der Waals surface area contributed by atoms with E-state index in [1.807, 2.05) is 0 Å². The molecule has 0 spiro atoms. The molecule has 0 fully saturated rings. The third-order valence-corrected chi connectivity index (χ3v) is 2.04. The van der Waals surface area contributed by atoms with E-state index in [2.05, 4.69) is 15.0 Å². The van der Waals surface area contributed by atoms with Crippen LogP contribution < -0.4 is 5.56 Å². The minimum atomic E-state index is -0.186. The van der Waals surface area contributed by atoms with Crippen molar-refractivity contribution in [3.05, 3.63) is 46.6 Å². The van der Waals surface area contributed by atoms with Gasteiger partial charge in [-0.3, -0.25) is 9.78 Å². The molecule has 2 heterocycles. The van der Waals surface area contributed by atoms with Gasteiger partial charge in [0.1, 0.15) is 5.82 Å². The molecular formula is C11H11N3O2. The molecule has 0 saturated heterocycles.